The zero-order valence-corrected chi connectivity index (χ0v) is 16.6. The number of rotatable bonds is 4. The van der Waals surface area contributed by atoms with Gasteiger partial charge in [-0.3, -0.25) is 4.79 Å². The molecule has 1 aromatic rings. The number of carbonyl (C=O) groups excluding carboxylic acids is 2. The van der Waals surface area contributed by atoms with Crippen LogP contribution in [0.2, 0.25) is 0 Å². The molecule has 2 aliphatic rings. The maximum absolute atomic E-state index is 12.6. The van der Waals surface area contributed by atoms with Crippen molar-refractivity contribution >= 4 is 58.3 Å². The molecule has 1 aromatic carbocycles. The summed E-state index contributed by atoms with van der Waals surface area (Å²) >= 11 is 24.8. The molecule has 1 fully saturated rings. The molecule has 140 valence electrons. The Labute approximate surface area is 170 Å². The normalized spacial score (nSPS) is 30.9. The van der Waals surface area contributed by atoms with E-state index in [0.29, 0.717) is 0 Å². The average molecular weight is 439 g/mol. The van der Waals surface area contributed by atoms with Crippen molar-refractivity contribution in [2.45, 2.75) is 33.4 Å². The van der Waals surface area contributed by atoms with E-state index in [2.05, 4.69) is 5.32 Å². The van der Waals surface area contributed by atoms with Gasteiger partial charge in [-0.2, -0.15) is 0 Å². The van der Waals surface area contributed by atoms with Crippen LogP contribution in [0.15, 0.2) is 42.5 Å². The molecule has 0 radical (unpaired) electrons. The maximum atomic E-state index is 12.6. The van der Waals surface area contributed by atoms with E-state index >= 15 is 0 Å². The fourth-order valence-electron chi connectivity index (χ4n) is 2.88. The van der Waals surface area contributed by atoms with Crippen LogP contribution in [0.4, 0.5) is 4.79 Å². The van der Waals surface area contributed by atoms with Gasteiger partial charge in [0.1, 0.15) is 17.8 Å². The van der Waals surface area contributed by atoms with Crippen molar-refractivity contribution in [3.8, 4) is 0 Å². The van der Waals surface area contributed by atoms with Crippen molar-refractivity contribution in [1.29, 1.82) is 0 Å². The molecular formula is C17H15Cl4NO4. The number of ketones is 1. The van der Waals surface area contributed by atoms with Crippen LogP contribution in [-0.2, 0) is 20.9 Å². The van der Waals surface area contributed by atoms with Crippen molar-refractivity contribution in [1.82, 2.24) is 5.32 Å². The molecule has 2 aliphatic heterocycles. The lowest BCUT2D eigenvalue weighted by molar-refractivity contribution is -0.155. The van der Waals surface area contributed by atoms with E-state index in [0.717, 1.165) is 5.56 Å². The molecule has 5 nitrogen and oxygen atoms in total. The topological polar surface area (TPSA) is 64.6 Å². The minimum Gasteiger partial charge on any atom is -0.445 e. The Balaban J connectivity index is 1.69. The molecular weight excluding hydrogens is 424 g/mol. The van der Waals surface area contributed by atoms with Gasteiger partial charge in [-0.05, 0) is 18.6 Å². The molecule has 0 aliphatic carbocycles. The van der Waals surface area contributed by atoms with Crippen LogP contribution in [0.3, 0.4) is 0 Å². The number of fused-ring (bicyclic) bond motifs is 2. The van der Waals surface area contributed by atoms with Crippen molar-refractivity contribution in [2.24, 2.45) is 0 Å². The first kappa shape index (κ1) is 19.8. The van der Waals surface area contributed by atoms with Gasteiger partial charge >= 0.3 is 6.09 Å². The van der Waals surface area contributed by atoms with Gasteiger partial charge < -0.3 is 14.8 Å². The van der Waals surface area contributed by atoms with Crippen molar-refractivity contribution in [3.63, 3.8) is 0 Å². The van der Waals surface area contributed by atoms with Crippen LogP contribution in [0.1, 0.15) is 12.5 Å². The fraction of sp³-hybridized carbons (Fsp3) is 0.412. The van der Waals surface area contributed by atoms with Gasteiger partial charge in [-0.1, -0.05) is 82.8 Å². The Morgan fingerprint density at radius 2 is 1.77 bits per heavy atom. The molecule has 3 rings (SSSR count). The van der Waals surface area contributed by atoms with Crippen LogP contribution < -0.4 is 5.32 Å². The Bertz CT molecular complexity index is 767. The van der Waals surface area contributed by atoms with Crippen LogP contribution in [-0.4, -0.2) is 38.3 Å². The lowest BCUT2D eigenvalue weighted by atomic mass is 9.89. The van der Waals surface area contributed by atoms with Crippen molar-refractivity contribution < 1.29 is 19.1 Å². The van der Waals surface area contributed by atoms with Gasteiger partial charge in [-0.25, -0.2) is 4.79 Å². The molecule has 0 saturated carbocycles. The number of benzene rings is 1. The summed E-state index contributed by atoms with van der Waals surface area (Å²) < 4.78 is 6.94. The van der Waals surface area contributed by atoms with Crippen molar-refractivity contribution in [3.05, 3.63) is 48.0 Å². The molecule has 1 saturated heterocycles. The molecule has 2 heterocycles. The molecule has 2 atom stereocenters. The highest BCUT2D eigenvalue weighted by atomic mass is 35.5. The number of alkyl halides is 4. The zero-order valence-electron chi connectivity index (χ0n) is 13.6. The van der Waals surface area contributed by atoms with E-state index in [1.165, 1.54) is 12.2 Å². The van der Waals surface area contributed by atoms with Gasteiger partial charge in [0.2, 0.25) is 14.4 Å². The molecule has 0 unspecified atom stereocenters. The number of Topliss-reactive ketones (excluding diaryl/α,β-unsaturated/α-hetero) is 1. The van der Waals surface area contributed by atoms with E-state index in [-0.39, 0.29) is 13.2 Å². The number of ether oxygens (including phenoxy) is 2. The summed E-state index contributed by atoms with van der Waals surface area (Å²) in [6.07, 6.45) is 2.31. The number of halogens is 4. The third-order valence-corrected chi connectivity index (χ3v) is 6.57. The van der Waals surface area contributed by atoms with Gasteiger partial charge in [0.25, 0.3) is 0 Å². The summed E-state index contributed by atoms with van der Waals surface area (Å²) in [5, 5.41) is 2.52. The van der Waals surface area contributed by atoms with Gasteiger partial charge in [-0.15, -0.1) is 0 Å². The van der Waals surface area contributed by atoms with Crippen LogP contribution in [0.25, 0.3) is 0 Å². The van der Waals surface area contributed by atoms with E-state index in [9.17, 15) is 9.59 Å². The fourth-order valence-corrected chi connectivity index (χ4v) is 4.18. The second-order valence-corrected chi connectivity index (χ2v) is 8.98. The highest BCUT2D eigenvalue weighted by molar-refractivity contribution is 6.70. The smallest absolute Gasteiger partial charge is 0.407 e. The van der Waals surface area contributed by atoms with Crippen LogP contribution >= 0.6 is 46.4 Å². The Hall–Kier alpha value is -0.980. The number of amides is 1. The van der Waals surface area contributed by atoms with E-state index < -0.39 is 31.7 Å². The quantitative estimate of drug-likeness (QED) is 0.571. The molecule has 26 heavy (non-hydrogen) atoms. The lowest BCUT2D eigenvalue weighted by Gasteiger charge is -2.50. The largest absolute Gasteiger partial charge is 0.445 e. The predicted molar refractivity (Wildman–Crippen MR) is 99.9 cm³/mol. The second kappa shape index (κ2) is 6.57. The Morgan fingerprint density at radius 3 is 2.42 bits per heavy atom. The maximum Gasteiger partial charge on any atom is 0.407 e. The van der Waals surface area contributed by atoms with E-state index in [1.807, 2.05) is 30.3 Å². The lowest BCUT2D eigenvalue weighted by Crippen LogP contribution is -2.70. The first-order valence-corrected chi connectivity index (χ1v) is 9.21. The van der Waals surface area contributed by atoms with E-state index in [4.69, 9.17) is 55.9 Å². The molecule has 9 heteroatoms. The average Bonchev–Trinajstić information content (AvgIpc) is 2.97. The monoisotopic (exact) mass is 437 g/mol. The summed E-state index contributed by atoms with van der Waals surface area (Å²) in [4.78, 5) is 24.6. The van der Waals surface area contributed by atoms with Gasteiger partial charge in [0.05, 0.1) is 6.54 Å². The Morgan fingerprint density at radius 1 is 1.12 bits per heavy atom. The molecule has 1 amide bonds. The standard InChI is InChI=1S/C17H15Cl4NO4/c1-14-7-8-15(26-14,17(20,21)12(23)16(14,18)19)10-22-13(24)25-9-11-5-3-2-4-6-11/h2-8H,9-10H2,1H3,(H,22,24)/t14-,15-/m1/s1. The predicted octanol–water partition coefficient (Wildman–Crippen LogP) is 3.93. The Kier molecular flexibility index (Phi) is 5.00. The summed E-state index contributed by atoms with van der Waals surface area (Å²) in [6.45, 7) is 1.43. The minimum absolute atomic E-state index is 0.0897. The highest BCUT2D eigenvalue weighted by Crippen LogP contribution is 2.59. The number of carbonyl (C=O) groups is 2. The number of alkyl carbamates (subject to hydrolysis) is 1. The third kappa shape index (κ3) is 3.00. The minimum atomic E-state index is -2.09. The summed E-state index contributed by atoms with van der Waals surface area (Å²) in [6, 6.07) is 9.17. The van der Waals surface area contributed by atoms with Crippen LogP contribution in [0, 0.1) is 0 Å². The molecule has 0 aromatic heterocycles. The van der Waals surface area contributed by atoms with Gasteiger partial charge in [0, 0.05) is 0 Å². The summed E-state index contributed by atoms with van der Waals surface area (Å²) in [5.74, 6) is -0.810. The number of nitrogens with one attached hydrogen (secondary N) is 1. The highest BCUT2D eigenvalue weighted by Gasteiger charge is 2.73. The SMILES string of the molecule is C[C@]12C=C[C@](CNC(=O)OCc3ccccc3)(O1)C(Cl)(Cl)C(=O)C2(Cl)Cl. The summed E-state index contributed by atoms with van der Waals surface area (Å²) in [5.41, 5.74) is -2.01. The number of hydrogen-bond acceptors (Lipinski definition) is 4. The van der Waals surface area contributed by atoms with Crippen LogP contribution in [0.5, 0.6) is 0 Å². The summed E-state index contributed by atoms with van der Waals surface area (Å²) in [7, 11) is 0. The molecule has 2 bridgehead atoms. The second-order valence-electron chi connectivity index (χ2n) is 6.33. The third-order valence-electron chi connectivity index (χ3n) is 4.50. The molecule has 0 spiro atoms. The first-order valence-electron chi connectivity index (χ1n) is 7.70. The van der Waals surface area contributed by atoms with Crippen molar-refractivity contribution in [2.75, 3.05) is 6.54 Å². The zero-order chi connectivity index (χ0) is 19.2. The number of hydrogen-bond donors (Lipinski definition) is 1. The van der Waals surface area contributed by atoms with Gasteiger partial charge in [0.15, 0.2) is 0 Å². The van der Waals surface area contributed by atoms with E-state index in [1.54, 1.807) is 6.92 Å². The molecule has 1 N–H and O–H groups in total. The first-order chi connectivity index (χ1) is 12.0.